The number of rotatable bonds is 2. The number of aryl methyl sites for hydroxylation is 1. The topological polar surface area (TPSA) is 41.6 Å². The molecule has 2 N–H and O–H groups in total. The first kappa shape index (κ1) is 14.4. The number of guanidine groups is 1. The third kappa shape index (κ3) is 2.78. The molecule has 0 atom stereocenters. The summed E-state index contributed by atoms with van der Waals surface area (Å²) in [6.07, 6.45) is 0. The quantitative estimate of drug-likeness (QED) is 0.920. The summed E-state index contributed by atoms with van der Waals surface area (Å²) >= 11 is 0. The highest BCUT2D eigenvalue weighted by molar-refractivity contribution is 5.85. The third-order valence-corrected chi connectivity index (χ3v) is 3.53. The Hall–Kier alpha value is -2.00. The van der Waals surface area contributed by atoms with E-state index in [0.29, 0.717) is 5.96 Å². The lowest BCUT2D eigenvalue weighted by atomic mass is 10.1. The third-order valence-electron chi connectivity index (χ3n) is 3.53. The van der Waals surface area contributed by atoms with Gasteiger partial charge in [0, 0.05) is 13.1 Å². The maximum Gasteiger partial charge on any atom is 0.197 e. The van der Waals surface area contributed by atoms with Crippen LogP contribution >= 0.6 is 12.4 Å². The number of para-hydroxylation sites is 1. The number of hydrogen-bond acceptors (Lipinski definition) is 3. The molecule has 0 amide bonds. The Bertz CT molecular complexity index is 637. The van der Waals surface area contributed by atoms with Gasteiger partial charge >= 0.3 is 0 Å². The lowest BCUT2D eigenvalue weighted by Gasteiger charge is -2.28. The molecule has 0 fully saturated rings. The van der Waals surface area contributed by atoms with Crippen LogP contribution in [0.5, 0.6) is 0 Å². The van der Waals surface area contributed by atoms with Gasteiger partial charge in [-0.2, -0.15) is 0 Å². The Morgan fingerprint density at radius 1 is 1.10 bits per heavy atom. The van der Waals surface area contributed by atoms with E-state index in [-0.39, 0.29) is 12.4 Å². The fourth-order valence-corrected chi connectivity index (χ4v) is 2.36. The van der Waals surface area contributed by atoms with Crippen molar-refractivity contribution in [3.63, 3.8) is 0 Å². The zero-order valence-electron chi connectivity index (χ0n) is 11.4. The monoisotopic (exact) mass is 287 g/mol. The molecule has 0 saturated heterocycles. The second-order valence-electron chi connectivity index (χ2n) is 4.88. The van der Waals surface area contributed by atoms with Crippen molar-refractivity contribution in [1.82, 2.24) is 4.90 Å². The lowest BCUT2D eigenvalue weighted by Crippen LogP contribution is -2.38. The van der Waals surface area contributed by atoms with Gasteiger partial charge in [0.15, 0.2) is 5.96 Å². The molecular formula is C16H18ClN3. The molecule has 2 aromatic rings. The number of nitrogens with zero attached hydrogens (tertiary/aromatic N) is 2. The van der Waals surface area contributed by atoms with Crippen molar-refractivity contribution >= 4 is 24.1 Å². The summed E-state index contributed by atoms with van der Waals surface area (Å²) in [5, 5.41) is 0. The first-order chi connectivity index (χ1) is 9.24. The molecule has 0 aromatic heterocycles. The largest absolute Gasteiger partial charge is 0.369 e. The Morgan fingerprint density at radius 3 is 2.60 bits per heavy atom. The smallest absolute Gasteiger partial charge is 0.197 e. The standard InChI is InChI=1S/C16H17N3.ClH/c1-12-6-2-3-7-13(12)10-19-11-14-8-4-5-9-15(14)18-16(19)17;/h2-9H,10-11H2,1H3,(H2,17,18);1H. The van der Waals surface area contributed by atoms with E-state index < -0.39 is 0 Å². The highest BCUT2D eigenvalue weighted by atomic mass is 35.5. The van der Waals surface area contributed by atoms with Crippen LogP contribution in [0.15, 0.2) is 53.5 Å². The molecule has 0 aliphatic carbocycles. The number of aliphatic imine (C=N–C) groups is 1. The van der Waals surface area contributed by atoms with E-state index in [9.17, 15) is 0 Å². The molecule has 0 radical (unpaired) electrons. The van der Waals surface area contributed by atoms with Gasteiger partial charge in [0.05, 0.1) is 5.69 Å². The van der Waals surface area contributed by atoms with Crippen LogP contribution in [0, 0.1) is 6.92 Å². The van der Waals surface area contributed by atoms with E-state index in [1.807, 2.05) is 18.2 Å². The second kappa shape index (κ2) is 5.97. The zero-order valence-corrected chi connectivity index (χ0v) is 12.2. The Kier molecular flexibility index (Phi) is 4.30. The summed E-state index contributed by atoms with van der Waals surface area (Å²) in [6, 6.07) is 16.5. The average molecular weight is 288 g/mol. The van der Waals surface area contributed by atoms with Crippen LogP contribution in [0.1, 0.15) is 16.7 Å². The first-order valence-corrected chi connectivity index (χ1v) is 6.45. The van der Waals surface area contributed by atoms with E-state index >= 15 is 0 Å². The molecule has 1 heterocycles. The van der Waals surface area contributed by atoms with Crippen molar-refractivity contribution in [2.24, 2.45) is 10.7 Å². The van der Waals surface area contributed by atoms with Crippen LogP contribution in [0.25, 0.3) is 0 Å². The van der Waals surface area contributed by atoms with E-state index in [0.717, 1.165) is 18.8 Å². The Morgan fingerprint density at radius 2 is 1.80 bits per heavy atom. The SMILES string of the molecule is Cc1ccccc1CN1Cc2ccccc2N=C1N.Cl. The Labute approximate surface area is 125 Å². The minimum Gasteiger partial charge on any atom is -0.369 e. The summed E-state index contributed by atoms with van der Waals surface area (Å²) in [7, 11) is 0. The van der Waals surface area contributed by atoms with E-state index in [1.165, 1.54) is 16.7 Å². The predicted octanol–water partition coefficient (Wildman–Crippen LogP) is 3.38. The summed E-state index contributed by atoms with van der Waals surface area (Å²) in [5.74, 6) is 0.599. The van der Waals surface area contributed by atoms with E-state index in [2.05, 4.69) is 47.1 Å². The average Bonchev–Trinajstić information content (AvgIpc) is 2.42. The van der Waals surface area contributed by atoms with Crippen LogP contribution in [-0.2, 0) is 13.1 Å². The van der Waals surface area contributed by atoms with Crippen LogP contribution in [0.2, 0.25) is 0 Å². The number of benzene rings is 2. The molecule has 104 valence electrons. The summed E-state index contributed by atoms with van der Waals surface area (Å²) < 4.78 is 0. The molecule has 3 nitrogen and oxygen atoms in total. The summed E-state index contributed by atoms with van der Waals surface area (Å²) in [4.78, 5) is 6.59. The molecule has 4 heteroatoms. The molecular weight excluding hydrogens is 270 g/mol. The zero-order chi connectivity index (χ0) is 13.2. The van der Waals surface area contributed by atoms with Gasteiger partial charge in [-0.3, -0.25) is 0 Å². The summed E-state index contributed by atoms with van der Waals surface area (Å²) in [5.41, 5.74) is 10.9. The molecule has 0 unspecified atom stereocenters. The molecule has 20 heavy (non-hydrogen) atoms. The first-order valence-electron chi connectivity index (χ1n) is 6.45. The van der Waals surface area contributed by atoms with Gasteiger partial charge in [-0.05, 0) is 29.7 Å². The lowest BCUT2D eigenvalue weighted by molar-refractivity contribution is 0.395. The van der Waals surface area contributed by atoms with Gasteiger partial charge < -0.3 is 10.6 Å². The number of nitrogens with two attached hydrogens (primary N) is 1. The highest BCUT2D eigenvalue weighted by Crippen LogP contribution is 2.25. The maximum absolute atomic E-state index is 6.07. The van der Waals surface area contributed by atoms with E-state index in [4.69, 9.17) is 5.73 Å². The maximum atomic E-state index is 6.07. The van der Waals surface area contributed by atoms with Crippen LogP contribution in [0.3, 0.4) is 0 Å². The normalized spacial score (nSPS) is 13.2. The van der Waals surface area contributed by atoms with Crippen molar-refractivity contribution in [2.75, 3.05) is 0 Å². The summed E-state index contributed by atoms with van der Waals surface area (Å²) in [6.45, 7) is 3.75. The fourth-order valence-electron chi connectivity index (χ4n) is 2.36. The molecule has 2 aromatic carbocycles. The van der Waals surface area contributed by atoms with Crippen LogP contribution in [0.4, 0.5) is 5.69 Å². The number of hydrogen-bond donors (Lipinski definition) is 1. The minimum absolute atomic E-state index is 0. The van der Waals surface area contributed by atoms with Gasteiger partial charge in [0.25, 0.3) is 0 Å². The molecule has 0 saturated carbocycles. The van der Waals surface area contributed by atoms with Gasteiger partial charge in [-0.1, -0.05) is 42.5 Å². The van der Waals surface area contributed by atoms with Crippen molar-refractivity contribution in [3.05, 3.63) is 65.2 Å². The molecule has 0 spiro atoms. The number of halogens is 1. The Balaban J connectivity index is 0.00000147. The molecule has 3 rings (SSSR count). The fraction of sp³-hybridized carbons (Fsp3) is 0.188. The minimum atomic E-state index is 0. The van der Waals surface area contributed by atoms with Crippen molar-refractivity contribution < 1.29 is 0 Å². The van der Waals surface area contributed by atoms with Gasteiger partial charge in [0.2, 0.25) is 0 Å². The van der Waals surface area contributed by atoms with Crippen molar-refractivity contribution in [2.45, 2.75) is 20.0 Å². The van der Waals surface area contributed by atoms with Gasteiger partial charge in [-0.15, -0.1) is 12.4 Å². The molecule has 0 bridgehead atoms. The van der Waals surface area contributed by atoms with Crippen LogP contribution in [-0.4, -0.2) is 10.9 Å². The van der Waals surface area contributed by atoms with Crippen LogP contribution < -0.4 is 5.73 Å². The van der Waals surface area contributed by atoms with Gasteiger partial charge in [-0.25, -0.2) is 4.99 Å². The molecule has 1 aliphatic heterocycles. The second-order valence-corrected chi connectivity index (χ2v) is 4.88. The predicted molar refractivity (Wildman–Crippen MR) is 85.4 cm³/mol. The van der Waals surface area contributed by atoms with Crippen molar-refractivity contribution in [1.29, 1.82) is 0 Å². The van der Waals surface area contributed by atoms with Gasteiger partial charge in [0.1, 0.15) is 0 Å². The van der Waals surface area contributed by atoms with E-state index in [1.54, 1.807) is 0 Å². The molecule has 1 aliphatic rings. The van der Waals surface area contributed by atoms with Crippen molar-refractivity contribution in [3.8, 4) is 0 Å². The highest BCUT2D eigenvalue weighted by Gasteiger charge is 2.17. The number of fused-ring (bicyclic) bond motifs is 1.